The van der Waals surface area contributed by atoms with E-state index in [0.29, 0.717) is 6.54 Å². The van der Waals surface area contributed by atoms with Gasteiger partial charge in [0, 0.05) is 6.54 Å². The molecule has 0 saturated carbocycles. The number of amides is 2. The molecule has 0 aromatic rings. The van der Waals surface area contributed by atoms with Gasteiger partial charge < -0.3 is 10.6 Å². The van der Waals surface area contributed by atoms with Crippen molar-refractivity contribution in [2.75, 3.05) is 6.54 Å². The van der Waals surface area contributed by atoms with Crippen LogP contribution in [0.4, 0.5) is 0 Å². The third kappa shape index (κ3) is 5.13. The third-order valence-electron chi connectivity index (χ3n) is 1.54. The van der Waals surface area contributed by atoms with Crippen molar-refractivity contribution in [3.8, 4) is 0 Å². The average molecular weight is 196 g/mol. The molecule has 0 saturated heterocycles. The number of rotatable bonds is 5. The molecular weight excluding hydrogens is 180 g/mol. The highest BCUT2D eigenvalue weighted by Gasteiger charge is 2.19. The zero-order valence-corrected chi connectivity index (χ0v) is 8.59. The molecule has 0 rings (SSSR count). The van der Waals surface area contributed by atoms with Crippen LogP contribution in [0.25, 0.3) is 0 Å². The molecule has 0 atom stereocenters. The van der Waals surface area contributed by atoms with E-state index in [1.54, 1.807) is 13.8 Å². The van der Waals surface area contributed by atoms with Crippen LogP contribution < -0.4 is 10.6 Å². The lowest BCUT2D eigenvalue weighted by Crippen LogP contribution is -2.50. The molecule has 0 aromatic carbocycles. The SMILES string of the molecule is C=CC(=O)NCC(C)(C)NC(=O)C=C. The summed E-state index contributed by atoms with van der Waals surface area (Å²) in [6, 6.07) is 0. The molecule has 0 spiro atoms. The van der Waals surface area contributed by atoms with E-state index in [1.807, 2.05) is 0 Å². The summed E-state index contributed by atoms with van der Waals surface area (Å²) in [5.74, 6) is -0.520. The summed E-state index contributed by atoms with van der Waals surface area (Å²) in [7, 11) is 0. The van der Waals surface area contributed by atoms with Crippen LogP contribution in [0, 0.1) is 0 Å². The molecule has 0 aliphatic heterocycles. The lowest BCUT2D eigenvalue weighted by Gasteiger charge is -2.25. The van der Waals surface area contributed by atoms with E-state index in [4.69, 9.17) is 0 Å². The zero-order valence-electron chi connectivity index (χ0n) is 8.59. The smallest absolute Gasteiger partial charge is 0.243 e. The van der Waals surface area contributed by atoms with Crippen molar-refractivity contribution in [2.24, 2.45) is 0 Å². The van der Waals surface area contributed by atoms with E-state index < -0.39 is 5.54 Å². The van der Waals surface area contributed by atoms with Gasteiger partial charge in [0.15, 0.2) is 0 Å². The number of carbonyl (C=O) groups excluding carboxylic acids is 2. The van der Waals surface area contributed by atoms with Gasteiger partial charge in [-0.1, -0.05) is 13.2 Å². The maximum absolute atomic E-state index is 11.0. The van der Waals surface area contributed by atoms with Gasteiger partial charge in [0.05, 0.1) is 5.54 Å². The van der Waals surface area contributed by atoms with Crippen molar-refractivity contribution >= 4 is 11.8 Å². The van der Waals surface area contributed by atoms with Crippen LogP contribution in [0.5, 0.6) is 0 Å². The van der Waals surface area contributed by atoms with Crippen molar-refractivity contribution in [1.29, 1.82) is 0 Å². The Labute approximate surface area is 84.1 Å². The predicted molar refractivity (Wildman–Crippen MR) is 55.6 cm³/mol. The van der Waals surface area contributed by atoms with Gasteiger partial charge in [-0.05, 0) is 26.0 Å². The van der Waals surface area contributed by atoms with Gasteiger partial charge in [0.1, 0.15) is 0 Å². The zero-order chi connectivity index (χ0) is 11.2. The molecule has 14 heavy (non-hydrogen) atoms. The van der Waals surface area contributed by atoms with E-state index in [9.17, 15) is 9.59 Å². The van der Waals surface area contributed by atoms with E-state index in [0.717, 1.165) is 0 Å². The Morgan fingerprint density at radius 2 is 1.71 bits per heavy atom. The fourth-order valence-corrected chi connectivity index (χ4v) is 0.809. The van der Waals surface area contributed by atoms with Crippen LogP contribution in [0.15, 0.2) is 25.3 Å². The molecule has 0 heterocycles. The van der Waals surface area contributed by atoms with Gasteiger partial charge in [-0.25, -0.2) is 0 Å². The van der Waals surface area contributed by atoms with Crippen molar-refractivity contribution in [2.45, 2.75) is 19.4 Å². The number of nitrogens with one attached hydrogen (secondary N) is 2. The van der Waals surface area contributed by atoms with Crippen LogP contribution in [0.1, 0.15) is 13.8 Å². The summed E-state index contributed by atoms with van der Waals surface area (Å²) >= 11 is 0. The predicted octanol–water partition coefficient (Wildman–Crippen LogP) is 0.369. The van der Waals surface area contributed by atoms with Gasteiger partial charge in [-0.2, -0.15) is 0 Å². The van der Waals surface area contributed by atoms with Gasteiger partial charge in [-0.15, -0.1) is 0 Å². The van der Waals surface area contributed by atoms with Gasteiger partial charge in [0.25, 0.3) is 0 Å². The highest BCUT2D eigenvalue weighted by atomic mass is 16.2. The molecule has 0 aliphatic rings. The third-order valence-corrected chi connectivity index (χ3v) is 1.54. The number of hydrogen-bond donors (Lipinski definition) is 2. The van der Waals surface area contributed by atoms with Crippen LogP contribution in [0.2, 0.25) is 0 Å². The first-order valence-corrected chi connectivity index (χ1v) is 4.26. The highest BCUT2D eigenvalue weighted by Crippen LogP contribution is 1.99. The Hall–Kier alpha value is -1.58. The second-order valence-corrected chi connectivity index (χ2v) is 3.50. The molecule has 4 heteroatoms. The fraction of sp³-hybridized carbons (Fsp3) is 0.400. The molecule has 78 valence electrons. The summed E-state index contributed by atoms with van der Waals surface area (Å²) in [6.07, 6.45) is 2.38. The number of hydrogen-bond acceptors (Lipinski definition) is 2. The van der Waals surface area contributed by atoms with Gasteiger partial charge in [-0.3, -0.25) is 9.59 Å². The van der Waals surface area contributed by atoms with Crippen LogP contribution in [0.3, 0.4) is 0 Å². The standard InChI is InChI=1S/C10H16N2O2/c1-5-8(13)11-7-10(3,4)12-9(14)6-2/h5-6H,1-2,7H2,3-4H3,(H,11,13)(H,12,14). The monoisotopic (exact) mass is 196 g/mol. The quantitative estimate of drug-likeness (QED) is 0.624. The minimum Gasteiger partial charge on any atom is -0.350 e. The van der Waals surface area contributed by atoms with Crippen molar-refractivity contribution < 1.29 is 9.59 Å². The van der Waals surface area contributed by atoms with Crippen LogP contribution in [-0.4, -0.2) is 23.9 Å². The molecule has 0 fully saturated rings. The Bertz CT molecular complexity index is 257. The average Bonchev–Trinajstić information content (AvgIpc) is 2.13. The molecule has 4 nitrogen and oxygen atoms in total. The summed E-state index contributed by atoms with van der Waals surface area (Å²) in [5.41, 5.74) is -0.496. The lowest BCUT2D eigenvalue weighted by atomic mass is 10.1. The molecule has 0 radical (unpaired) electrons. The van der Waals surface area contributed by atoms with E-state index in [2.05, 4.69) is 23.8 Å². The van der Waals surface area contributed by atoms with Gasteiger partial charge >= 0.3 is 0 Å². The number of carbonyl (C=O) groups is 2. The maximum Gasteiger partial charge on any atom is 0.243 e. The van der Waals surface area contributed by atoms with Crippen LogP contribution in [-0.2, 0) is 9.59 Å². The van der Waals surface area contributed by atoms with Crippen molar-refractivity contribution in [3.63, 3.8) is 0 Å². The largest absolute Gasteiger partial charge is 0.350 e. The Balaban J connectivity index is 4.06. The summed E-state index contributed by atoms with van der Waals surface area (Å²) in [4.78, 5) is 21.8. The summed E-state index contributed by atoms with van der Waals surface area (Å²) in [6.45, 7) is 10.6. The van der Waals surface area contributed by atoms with Gasteiger partial charge in [0.2, 0.25) is 11.8 Å². The van der Waals surface area contributed by atoms with Crippen LogP contribution >= 0.6 is 0 Å². The van der Waals surface area contributed by atoms with E-state index in [1.165, 1.54) is 12.2 Å². The second-order valence-electron chi connectivity index (χ2n) is 3.50. The first-order chi connectivity index (χ1) is 6.41. The highest BCUT2D eigenvalue weighted by molar-refractivity contribution is 5.88. The molecule has 2 N–H and O–H groups in total. The minimum absolute atomic E-state index is 0.258. The molecule has 2 amide bonds. The van der Waals surface area contributed by atoms with Crippen molar-refractivity contribution in [1.82, 2.24) is 10.6 Å². The van der Waals surface area contributed by atoms with E-state index in [-0.39, 0.29) is 11.8 Å². The topological polar surface area (TPSA) is 58.2 Å². The van der Waals surface area contributed by atoms with E-state index >= 15 is 0 Å². The Morgan fingerprint density at radius 3 is 2.14 bits per heavy atom. The minimum atomic E-state index is -0.496. The normalized spacial score (nSPS) is 10.1. The second kappa shape index (κ2) is 5.21. The molecule has 0 unspecified atom stereocenters. The first-order valence-electron chi connectivity index (χ1n) is 4.26. The molecule has 0 aromatic heterocycles. The van der Waals surface area contributed by atoms with Crippen molar-refractivity contribution in [3.05, 3.63) is 25.3 Å². The Morgan fingerprint density at radius 1 is 1.21 bits per heavy atom. The summed E-state index contributed by atoms with van der Waals surface area (Å²) < 4.78 is 0. The lowest BCUT2D eigenvalue weighted by molar-refractivity contribution is -0.119. The summed E-state index contributed by atoms with van der Waals surface area (Å²) in [5, 5.41) is 5.28. The fourth-order valence-electron chi connectivity index (χ4n) is 0.809. The maximum atomic E-state index is 11.0. The molecular formula is C10H16N2O2. The molecule has 0 aliphatic carbocycles. The Kier molecular flexibility index (Phi) is 4.63. The first kappa shape index (κ1) is 12.4. The molecule has 0 bridgehead atoms.